The van der Waals surface area contributed by atoms with E-state index >= 15 is 0 Å². The number of amides is 2. The van der Waals surface area contributed by atoms with Crippen LogP contribution in [0, 0.1) is 5.82 Å². The van der Waals surface area contributed by atoms with Crippen LogP contribution >= 0.6 is 11.8 Å². The van der Waals surface area contributed by atoms with Crippen LogP contribution in [0.3, 0.4) is 0 Å². The SMILES string of the molecule is C[C@H](C(=O)NC1CCCC1)N(Cc1ccc(F)cc1)C(=O)CSc1ccccc1. The first-order valence-electron chi connectivity index (χ1n) is 10.0. The molecule has 29 heavy (non-hydrogen) atoms. The smallest absolute Gasteiger partial charge is 0.242 e. The second-order valence-electron chi connectivity index (χ2n) is 7.42. The fourth-order valence-electron chi connectivity index (χ4n) is 3.51. The van der Waals surface area contributed by atoms with E-state index in [1.165, 1.54) is 23.9 Å². The van der Waals surface area contributed by atoms with Crippen molar-refractivity contribution in [3.8, 4) is 0 Å². The maximum absolute atomic E-state index is 13.3. The summed E-state index contributed by atoms with van der Waals surface area (Å²) in [6.45, 7) is 2.03. The van der Waals surface area contributed by atoms with Crippen LogP contribution in [0.5, 0.6) is 0 Å². The number of thioether (sulfide) groups is 1. The third-order valence-electron chi connectivity index (χ3n) is 5.24. The Balaban J connectivity index is 1.69. The van der Waals surface area contributed by atoms with Gasteiger partial charge in [-0.1, -0.05) is 43.2 Å². The molecule has 0 radical (unpaired) electrons. The van der Waals surface area contributed by atoms with Gasteiger partial charge in [0.15, 0.2) is 0 Å². The van der Waals surface area contributed by atoms with E-state index in [0.29, 0.717) is 0 Å². The highest BCUT2D eigenvalue weighted by Crippen LogP contribution is 2.21. The monoisotopic (exact) mass is 414 g/mol. The quantitative estimate of drug-likeness (QED) is 0.652. The van der Waals surface area contributed by atoms with Crippen LogP contribution in [-0.2, 0) is 16.1 Å². The van der Waals surface area contributed by atoms with Crippen molar-refractivity contribution >= 4 is 23.6 Å². The van der Waals surface area contributed by atoms with Gasteiger partial charge in [-0.25, -0.2) is 4.39 Å². The van der Waals surface area contributed by atoms with E-state index in [0.717, 1.165) is 36.1 Å². The molecule has 1 atom stereocenters. The molecule has 0 aromatic heterocycles. The second kappa shape index (κ2) is 10.4. The molecule has 1 N–H and O–H groups in total. The minimum absolute atomic E-state index is 0.114. The average Bonchev–Trinajstić information content (AvgIpc) is 3.25. The van der Waals surface area contributed by atoms with E-state index in [9.17, 15) is 14.0 Å². The van der Waals surface area contributed by atoms with Gasteiger partial charge in [-0.3, -0.25) is 9.59 Å². The maximum Gasteiger partial charge on any atom is 0.242 e. The molecule has 1 aliphatic carbocycles. The lowest BCUT2D eigenvalue weighted by Gasteiger charge is -2.29. The van der Waals surface area contributed by atoms with Crippen molar-refractivity contribution in [1.82, 2.24) is 10.2 Å². The van der Waals surface area contributed by atoms with Crippen molar-refractivity contribution in [2.75, 3.05) is 5.75 Å². The number of nitrogens with one attached hydrogen (secondary N) is 1. The Morgan fingerprint density at radius 2 is 1.76 bits per heavy atom. The van der Waals surface area contributed by atoms with Crippen molar-refractivity contribution in [2.45, 2.75) is 56.1 Å². The molecule has 0 unspecified atom stereocenters. The summed E-state index contributed by atoms with van der Waals surface area (Å²) in [7, 11) is 0. The lowest BCUT2D eigenvalue weighted by Crippen LogP contribution is -2.50. The molecular formula is C23H27FN2O2S. The summed E-state index contributed by atoms with van der Waals surface area (Å²) in [6, 6.07) is 15.4. The number of halogens is 1. The van der Waals surface area contributed by atoms with Crippen LogP contribution < -0.4 is 5.32 Å². The lowest BCUT2D eigenvalue weighted by molar-refractivity contribution is -0.138. The standard InChI is InChI=1S/C23H27FN2O2S/c1-17(23(28)25-20-7-5-6-8-20)26(15-18-11-13-19(24)14-12-18)22(27)16-29-21-9-3-2-4-10-21/h2-4,9-14,17,20H,5-8,15-16H2,1H3,(H,25,28)/t17-/m1/s1. The Bertz CT molecular complexity index is 807. The molecule has 2 amide bonds. The van der Waals surface area contributed by atoms with Crippen molar-refractivity contribution in [3.63, 3.8) is 0 Å². The van der Waals surface area contributed by atoms with E-state index in [2.05, 4.69) is 5.32 Å². The van der Waals surface area contributed by atoms with Gasteiger partial charge in [0.1, 0.15) is 11.9 Å². The Kier molecular flexibility index (Phi) is 7.69. The van der Waals surface area contributed by atoms with Gasteiger partial charge in [0.2, 0.25) is 11.8 Å². The first kappa shape index (κ1) is 21.4. The molecule has 0 spiro atoms. The van der Waals surface area contributed by atoms with Crippen LogP contribution in [0.25, 0.3) is 0 Å². The fourth-order valence-corrected chi connectivity index (χ4v) is 4.31. The summed E-state index contributed by atoms with van der Waals surface area (Å²) in [4.78, 5) is 28.4. The molecule has 1 saturated carbocycles. The van der Waals surface area contributed by atoms with Gasteiger partial charge in [-0.2, -0.15) is 0 Å². The molecule has 2 aromatic rings. The van der Waals surface area contributed by atoms with E-state index in [-0.39, 0.29) is 36.0 Å². The molecule has 4 nitrogen and oxygen atoms in total. The molecule has 1 fully saturated rings. The first-order valence-corrected chi connectivity index (χ1v) is 11.0. The largest absolute Gasteiger partial charge is 0.352 e. The van der Waals surface area contributed by atoms with E-state index in [4.69, 9.17) is 0 Å². The molecule has 0 heterocycles. The van der Waals surface area contributed by atoms with E-state index in [1.54, 1.807) is 24.0 Å². The van der Waals surface area contributed by atoms with Crippen LogP contribution in [0.1, 0.15) is 38.2 Å². The minimum Gasteiger partial charge on any atom is -0.352 e. The molecule has 2 aromatic carbocycles. The maximum atomic E-state index is 13.3. The van der Waals surface area contributed by atoms with E-state index < -0.39 is 6.04 Å². The van der Waals surface area contributed by atoms with Gasteiger partial charge in [0, 0.05) is 17.5 Å². The highest BCUT2D eigenvalue weighted by molar-refractivity contribution is 8.00. The predicted octanol–water partition coefficient (Wildman–Crippen LogP) is 4.39. The van der Waals surface area contributed by atoms with Gasteiger partial charge < -0.3 is 10.2 Å². The first-order chi connectivity index (χ1) is 14.0. The fraction of sp³-hybridized carbons (Fsp3) is 0.391. The summed E-state index contributed by atoms with van der Waals surface area (Å²) in [5.41, 5.74) is 0.796. The molecule has 0 bridgehead atoms. The Labute approximate surface area is 175 Å². The molecule has 6 heteroatoms. The predicted molar refractivity (Wildman–Crippen MR) is 114 cm³/mol. The van der Waals surface area contributed by atoms with Crippen LogP contribution in [-0.4, -0.2) is 34.6 Å². The van der Waals surface area contributed by atoms with Gasteiger partial charge in [0.05, 0.1) is 5.75 Å². The zero-order valence-electron chi connectivity index (χ0n) is 16.6. The van der Waals surface area contributed by atoms with Crippen molar-refractivity contribution in [1.29, 1.82) is 0 Å². The Morgan fingerprint density at radius 3 is 2.41 bits per heavy atom. The summed E-state index contributed by atoms with van der Waals surface area (Å²) in [6.07, 6.45) is 4.25. The summed E-state index contributed by atoms with van der Waals surface area (Å²) < 4.78 is 13.3. The van der Waals surface area contributed by atoms with Crippen molar-refractivity contribution in [2.24, 2.45) is 0 Å². The molecule has 1 aliphatic rings. The molecule has 3 rings (SSSR count). The number of carbonyl (C=O) groups is 2. The van der Waals surface area contributed by atoms with Crippen LogP contribution in [0.2, 0.25) is 0 Å². The van der Waals surface area contributed by atoms with Crippen molar-refractivity contribution in [3.05, 3.63) is 66.0 Å². The highest BCUT2D eigenvalue weighted by Gasteiger charge is 2.28. The van der Waals surface area contributed by atoms with Gasteiger partial charge >= 0.3 is 0 Å². The number of carbonyl (C=O) groups excluding carboxylic acids is 2. The Morgan fingerprint density at radius 1 is 1.10 bits per heavy atom. The van der Waals surface area contributed by atoms with Gasteiger partial charge in [-0.05, 0) is 49.6 Å². The highest BCUT2D eigenvalue weighted by atomic mass is 32.2. The second-order valence-corrected chi connectivity index (χ2v) is 8.46. The molecular weight excluding hydrogens is 387 g/mol. The minimum atomic E-state index is -0.593. The number of hydrogen-bond donors (Lipinski definition) is 1. The molecule has 0 saturated heterocycles. The third kappa shape index (κ3) is 6.32. The normalized spacial score (nSPS) is 15.1. The Hall–Kier alpha value is -2.34. The molecule has 0 aliphatic heterocycles. The van der Waals surface area contributed by atoms with E-state index in [1.807, 2.05) is 30.3 Å². The number of hydrogen-bond acceptors (Lipinski definition) is 3. The summed E-state index contributed by atoms with van der Waals surface area (Å²) in [5.74, 6) is -0.320. The third-order valence-corrected chi connectivity index (χ3v) is 6.24. The lowest BCUT2D eigenvalue weighted by atomic mass is 10.1. The van der Waals surface area contributed by atoms with Gasteiger partial charge in [-0.15, -0.1) is 11.8 Å². The van der Waals surface area contributed by atoms with Gasteiger partial charge in [0.25, 0.3) is 0 Å². The zero-order chi connectivity index (χ0) is 20.6. The number of nitrogens with zero attached hydrogens (tertiary/aromatic N) is 1. The van der Waals surface area contributed by atoms with Crippen molar-refractivity contribution < 1.29 is 14.0 Å². The summed E-state index contributed by atoms with van der Waals surface area (Å²) >= 11 is 1.45. The summed E-state index contributed by atoms with van der Waals surface area (Å²) in [5, 5.41) is 3.08. The van der Waals surface area contributed by atoms with Crippen LogP contribution in [0.4, 0.5) is 4.39 Å². The molecule has 154 valence electrons. The number of rotatable bonds is 8. The topological polar surface area (TPSA) is 49.4 Å². The van der Waals surface area contributed by atoms with Crippen LogP contribution in [0.15, 0.2) is 59.5 Å². The number of benzene rings is 2. The average molecular weight is 415 g/mol. The zero-order valence-corrected chi connectivity index (χ0v) is 17.5.